The zero-order chi connectivity index (χ0) is 64.9. The van der Waals surface area contributed by atoms with Crippen LogP contribution in [0.5, 0.6) is 0 Å². The molecule has 6 aromatic heterocycles. The number of nitrogens with zero attached hydrogens (tertiary/aromatic N) is 8. The fourth-order valence-corrected chi connectivity index (χ4v) is 6.38. The van der Waals surface area contributed by atoms with Crippen LogP contribution in [0.2, 0.25) is 0 Å². The van der Waals surface area contributed by atoms with Crippen molar-refractivity contribution < 1.29 is 93.1 Å². The van der Waals surface area contributed by atoms with Crippen molar-refractivity contribution in [2.75, 3.05) is 26.4 Å². The summed E-state index contributed by atoms with van der Waals surface area (Å²) in [4.78, 5) is 73.0. The number of pyridine rings is 6. The molecule has 472 valence electrons. The van der Waals surface area contributed by atoms with Crippen LogP contribution in [0.4, 0.5) is 34.5 Å². The van der Waals surface area contributed by atoms with Gasteiger partial charge in [0.2, 0.25) is 0 Å². The van der Waals surface area contributed by atoms with E-state index in [4.69, 9.17) is 29.5 Å². The number of nitriles is 2. The maximum atomic E-state index is 12.2. The van der Waals surface area contributed by atoms with Crippen molar-refractivity contribution in [2.24, 2.45) is 0 Å². The third kappa shape index (κ3) is 47.3. The average Bonchev–Trinajstić information content (AvgIpc) is 3.74. The summed E-state index contributed by atoms with van der Waals surface area (Å²) in [6.45, 7) is 3.96. The predicted molar refractivity (Wildman–Crippen MR) is 316 cm³/mol. The molecule has 0 bridgehead atoms. The van der Waals surface area contributed by atoms with Crippen LogP contribution in [0.1, 0.15) is 103 Å². The van der Waals surface area contributed by atoms with Crippen molar-refractivity contribution in [1.82, 2.24) is 29.9 Å². The van der Waals surface area contributed by atoms with E-state index >= 15 is 0 Å². The standard InChI is InChI=1S/2C23H23N3O4.2C6H6.2C2H3N.2BF4.Pd/c2*27-22(29-11-3-7-18-5-1-9-24-14-18)20-13-21(17-26-16-20)23(28)30-12-4-8-19-6-2-10-25-15-19;2*1-2-4-6-5-3-1;2*1-2-3;2*2-1(3,4)5;/h2*1-2,5-6,9-10,13-17H,3-4,7-8,11-12H2;2*1-6H;2*1H3;;;/q;;;;;;2*-1;+2. The van der Waals surface area contributed by atoms with E-state index in [1.54, 1.807) is 61.7 Å². The number of rotatable bonds is 20. The van der Waals surface area contributed by atoms with Crippen molar-refractivity contribution in [3.05, 3.63) is 252 Å². The summed E-state index contributed by atoms with van der Waals surface area (Å²) in [6, 6.07) is 45.8. The van der Waals surface area contributed by atoms with E-state index in [0.29, 0.717) is 25.7 Å². The van der Waals surface area contributed by atoms with Gasteiger partial charge in [0.1, 0.15) is 0 Å². The molecule has 0 aliphatic heterocycles. The van der Waals surface area contributed by atoms with Gasteiger partial charge in [0.15, 0.2) is 0 Å². The minimum absolute atomic E-state index is 0. The van der Waals surface area contributed by atoms with Crippen LogP contribution in [0.3, 0.4) is 0 Å². The van der Waals surface area contributed by atoms with Crippen molar-refractivity contribution in [3.8, 4) is 12.1 Å². The van der Waals surface area contributed by atoms with Crippen LogP contribution < -0.4 is 0 Å². The number of benzene rings is 2. The van der Waals surface area contributed by atoms with Crippen LogP contribution in [-0.2, 0) is 65.1 Å². The molecule has 0 aliphatic rings. The molecular formula is C62H64B2F8N8O8Pd. The van der Waals surface area contributed by atoms with Crippen LogP contribution in [0.15, 0.2) is 208 Å². The van der Waals surface area contributed by atoms with Crippen molar-refractivity contribution in [2.45, 2.75) is 65.2 Å². The number of hydrogen-bond acceptors (Lipinski definition) is 16. The zero-order valence-electron chi connectivity index (χ0n) is 48.5. The molecule has 0 spiro atoms. The molecule has 0 atom stereocenters. The van der Waals surface area contributed by atoms with Crippen LogP contribution in [0, 0.1) is 22.7 Å². The molecule has 6 heterocycles. The Kier molecular flexibility index (Phi) is 45.1. The van der Waals surface area contributed by atoms with E-state index in [9.17, 15) is 53.7 Å². The molecule has 0 radical (unpaired) electrons. The van der Waals surface area contributed by atoms with Gasteiger partial charge in [-0.05, 0) is 110 Å². The number of carbonyl (C=O) groups is 4. The number of aromatic nitrogens is 6. The molecule has 0 fully saturated rings. The number of carbonyl (C=O) groups excluding carboxylic acids is 4. The molecule has 8 aromatic rings. The summed E-state index contributed by atoms with van der Waals surface area (Å²) < 4.78 is 99.1. The number of ether oxygens (including phenoxy) is 4. The molecule has 89 heavy (non-hydrogen) atoms. The monoisotopic (exact) mass is 1330 g/mol. The second-order valence-electron chi connectivity index (χ2n) is 17.1. The summed E-state index contributed by atoms with van der Waals surface area (Å²) >= 11 is 0. The topological polar surface area (TPSA) is 230 Å². The third-order valence-corrected chi connectivity index (χ3v) is 10.0. The number of esters is 4. The van der Waals surface area contributed by atoms with E-state index < -0.39 is 38.4 Å². The first-order chi connectivity index (χ1) is 42.3. The van der Waals surface area contributed by atoms with Gasteiger partial charge in [0.05, 0.1) is 60.8 Å². The normalized spacial score (nSPS) is 9.62. The summed E-state index contributed by atoms with van der Waals surface area (Å²) in [5, 5.41) is 14.6. The Bertz CT molecular complexity index is 2760. The predicted octanol–water partition coefficient (Wildman–Crippen LogP) is 13.9. The van der Waals surface area contributed by atoms with E-state index in [2.05, 4.69) is 29.9 Å². The first-order valence-corrected chi connectivity index (χ1v) is 26.8. The van der Waals surface area contributed by atoms with Gasteiger partial charge in [-0.25, -0.2) is 19.2 Å². The zero-order valence-corrected chi connectivity index (χ0v) is 50.0. The molecule has 0 unspecified atom stereocenters. The summed E-state index contributed by atoms with van der Waals surface area (Å²) in [5.41, 5.74) is 5.24. The third-order valence-electron chi connectivity index (χ3n) is 10.0. The maximum absolute atomic E-state index is 12.2. The minimum Gasteiger partial charge on any atom is -0.462 e. The SMILES string of the molecule is CC#N.CC#N.F[B-](F)(F)F.F[B-](F)(F)F.O=C(OCCCc1cccnc1)c1cncc(C(=O)OCCCc2cccnc2)c1.O=C(OCCCc1cccnc1)c1cncc(C(=O)OCCCc2cccnc2)c1.[Pd+2].c1ccccc1.c1ccccc1. The second kappa shape index (κ2) is 50.6. The molecule has 16 nitrogen and oxygen atoms in total. The Balaban J connectivity index is 0.00000121. The Morgan fingerprint density at radius 1 is 0.360 bits per heavy atom. The van der Waals surface area contributed by atoms with Gasteiger partial charge in [-0.3, -0.25) is 29.9 Å². The molecular weight excluding hydrogens is 1260 g/mol. The van der Waals surface area contributed by atoms with Gasteiger partial charge in [-0.15, -0.1) is 0 Å². The van der Waals surface area contributed by atoms with Gasteiger partial charge in [0.25, 0.3) is 0 Å². The van der Waals surface area contributed by atoms with Crippen LogP contribution in [-0.4, -0.2) is 94.7 Å². The van der Waals surface area contributed by atoms with Gasteiger partial charge in [0, 0.05) is 88.2 Å². The van der Waals surface area contributed by atoms with E-state index in [-0.39, 0.29) is 69.1 Å². The largest absolute Gasteiger partial charge is 2.00 e. The molecule has 8 rings (SSSR count). The van der Waals surface area contributed by atoms with Crippen molar-refractivity contribution in [3.63, 3.8) is 0 Å². The molecule has 27 heteroatoms. The Morgan fingerprint density at radius 2 is 0.539 bits per heavy atom. The van der Waals surface area contributed by atoms with Gasteiger partial charge >= 0.3 is 58.8 Å². The molecule has 0 amide bonds. The molecule has 0 saturated carbocycles. The van der Waals surface area contributed by atoms with E-state index in [1.165, 1.54) is 50.8 Å². The minimum atomic E-state index is -6.00. The van der Waals surface area contributed by atoms with Gasteiger partial charge in [-0.1, -0.05) is 97.1 Å². The van der Waals surface area contributed by atoms with Gasteiger partial charge in [-0.2, -0.15) is 10.5 Å². The van der Waals surface area contributed by atoms with E-state index in [1.807, 2.05) is 121 Å². The number of hydrogen-bond donors (Lipinski definition) is 0. The molecule has 0 N–H and O–H groups in total. The first-order valence-electron chi connectivity index (χ1n) is 26.8. The Morgan fingerprint density at radius 3 is 0.697 bits per heavy atom. The van der Waals surface area contributed by atoms with Crippen molar-refractivity contribution in [1.29, 1.82) is 10.5 Å². The van der Waals surface area contributed by atoms with Crippen LogP contribution >= 0.6 is 0 Å². The second-order valence-corrected chi connectivity index (χ2v) is 17.1. The number of aryl methyl sites for hydroxylation is 4. The Labute approximate surface area is 525 Å². The molecule has 2 aromatic carbocycles. The maximum Gasteiger partial charge on any atom is 2.00 e. The van der Waals surface area contributed by atoms with E-state index in [0.717, 1.165) is 47.9 Å². The van der Waals surface area contributed by atoms with Gasteiger partial charge < -0.3 is 53.5 Å². The quantitative estimate of drug-likeness (QED) is 0.0227. The first kappa shape index (κ1) is 79.4. The Hall–Kier alpha value is -9.57. The summed E-state index contributed by atoms with van der Waals surface area (Å²) in [5.74, 6) is -2.06. The average molecular weight is 1330 g/mol. The summed E-state index contributed by atoms with van der Waals surface area (Å²) in [6.07, 6.45) is 25.3. The van der Waals surface area contributed by atoms with Crippen molar-refractivity contribution >= 4 is 38.4 Å². The number of halogens is 8. The molecule has 0 saturated heterocycles. The fraction of sp³-hybridized carbons (Fsp3) is 0.226. The summed E-state index contributed by atoms with van der Waals surface area (Å²) in [7, 11) is -12.0. The van der Waals surface area contributed by atoms with Crippen LogP contribution in [0.25, 0.3) is 0 Å². The smallest absolute Gasteiger partial charge is 0.462 e. The molecule has 0 aliphatic carbocycles. The fourth-order valence-electron chi connectivity index (χ4n) is 6.38.